The molecule has 2 N–H and O–H groups in total. The van der Waals surface area contributed by atoms with Crippen molar-refractivity contribution in [2.24, 2.45) is 11.7 Å². The number of nitrogens with two attached hydrogens (primary N) is 1. The van der Waals surface area contributed by atoms with Gasteiger partial charge < -0.3 is 10.6 Å². The van der Waals surface area contributed by atoms with Crippen LogP contribution in [-0.4, -0.2) is 39.2 Å². The van der Waals surface area contributed by atoms with Gasteiger partial charge in [-0.05, 0) is 43.4 Å². The molecule has 1 amide bonds. The van der Waals surface area contributed by atoms with Crippen molar-refractivity contribution >= 4 is 17.5 Å². The first-order chi connectivity index (χ1) is 11.0. The number of halogens is 1. The van der Waals surface area contributed by atoms with Gasteiger partial charge in [-0.15, -0.1) is 0 Å². The number of aromatic nitrogens is 2. The van der Waals surface area contributed by atoms with Gasteiger partial charge in [0.25, 0.3) is 5.91 Å². The molecular formula is C17H19ClN4O. The number of hydrogen-bond acceptors (Lipinski definition) is 3. The van der Waals surface area contributed by atoms with Crippen molar-refractivity contribution in [1.82, 2.24) is 14.7 Å². The fraction of sp³-hybridized carbons (Fsp3) is 0.412. The number of piperidine rings is 1. The molecule has 2 unspecified atom stereocenters. The molecule has 2 aromatic rings. The smallest absolute Gasteiger partial charge is 0.274 e. The summed E-state index contributed by atoms with van der Waals surface area (Å²) in [6.45, 7) is 1.41. The molecule has 2 heterocycles. The van der Waals surface area contributed by atoms with E-state index in [1.165, 1.54) is 0 Å². The summed E-state index contributed by atoms with van der Waals surface area (Å²) >= 11 is 6.19. The number of para-hydroxylation sites is 1. The SMILES string of the molecule is NC12CCC(CN(C(=O)c3ccn(-c4ccccc4Cl)n3)C1)C2. The molecule has 6 heteroatoms. The predicted octanol–water partition coefficient (Wildman–Crippen LogP) is 2.48. The van der Waals surface area contributed by atoms with Crippen molar-refractivity contribution in [2.75, 3.05) is 13.1 Å². The van der Waals surface area contributed by atoms with E-state index in [-0.39, 0.29) is 11.4 Å². The Kier molecular flexibility index (Phi) is 3.43. The highest BCUT2D eigenvalue weighted by atomic mass is 35.5. The van der Waals surface area contributed by atoms with Crippen molar-refractivity contribution in [3.8, 4) is 5.69 Å². The second-order valence-electron chi connectivity index (χ2n) is 6.75. The van der Waals surface area contributed by atoms with Gasteiger partial charge >= 0.3 is 0 Å². The molecule has 2 bridgehead atoms. The van der Waals surface area contributed by atoms with E-state index in [2.05, 4.69) is 5.10 Å². The maximum Gasteiger partial charge on any atom is 0.274 e. The fourth-order valence-corrected chi connectivity index (χ4v) is 4.08. The summed E-state index contributed by atoms with van der Waals surface area (Å²) in [4.78, 5) is 14.6. The van der Waals surface area contributed by atoms with Crippen LogP contribution in [-0.2, 0) is 0 Å². The van der Waals surface area contributed by atoms with Gasteiger partial charge in [0.2, 0.25) is 0 Å². The van der Waals surface area contributed by atoms with Crippen LogP contribution in [0.2, 0.25) is 5.02 Å². The van der Waals surface area contributed by atoms with E-state index >= 15 is 0 Å². The van der Waals surface area contributed by atoms with E-state index in [4.69, 9.17) is 17.3 Å². The average Bonchev–Trinajstić information content (AvgIpc) is 3.11. The van der Waals surface area contributed by atoms with Crippen LogP contribution in [0.15, 0.2) is 36.5 Å². The summed E-state index contributed by atoms with van der Waals surface area (Å²) in [5.74, 6) is 0.487. The number of nitrogens with zero attached hydrogens (tertiary/aromatic N) is 3. The minimum atomic E-state index is -0.204. The van der Waals surface area contributed by atoms with Crippen molar-refractivity contribution in [2.45, 2.75) is 24.8 Å². The second kappa shape index (κ2) is 5.35. The molecule has 1 saturated heterocycles. The van der Waals surface area contributed by atoms with Crippen molar-refractivity contribution in [1.29, 1.82) is 0 Å². The Bertz CT molecular complexity index is 759. The van der Waals surface area contributed by atoms with Crippen LogP contribution in [0.5, 0.6) is 0 Å². The van der Waals surface area contributed by atoms with Crippen LogP contribution in [0, 0.1) is 5.92 Å². The molecule has 1 aliphatic heterocycles. The maximum absolute atomic E-state index is 12.8. The lowest BCUT2D eigenvalue weighted by atomic mass is 9.92. The zero-order valence-electron chi connectivity index (χ0n) is 12.8. The average molecular weight is 331 g/mol. The van der Waals surface area contributed by atoms with E-state index in [1.54, 1.807) is 23.0 Å². The lowest BCUT2D eigenvalue weighted by molar-refractivity contribution is 0.0629. The number of rotatable bonds is 2. The topological polar surface area (TPSA) is 64.2 Å². The Morgan fingerprint density at radius 3 is 2.96 bits per heavy atom. The first-order valence-corrected chi connectivity index (χ1v) is 8.31. The molecular weight excluding hydrogens is 312 g/mol. The number of carbonyl (C=O) groups is 1. The molecule has 1 aromatic heterocycles. The molecule has 4 rings (SSSR count). The molecule has 2 fully saturated rings. The third-order valence-corrected chi connectivity index (χ3v) is 5.24. The standard InChI is InChI=1S/C17H19ClN4O/c18-13-3-1-2-4-15(13)22-8-6-14(20-22)16(23)21-10-12-5-7-17(19,9-12)11-21/h1-4,6,8,12H,5,7,9-11,19H2. The largest absolute Gasteiger partial charge is 0.335 e. The van der Waals surface area contributed by atoms with Crippen LogP contribution >= 0.6 is 11.6 Å². The summed E-state index contributed by atoms with van der Waals surface area (Å²) in [5.41, 5.74) is 7.39. The van der Waals surface area contributed by atoms with Gasteiger partial charge in [-0.3, -0.25) is 4.79 Å². The van der Waals surface area contributed by atoms with Crippen molar-refractivity contribution in [3.05, 3.63) is 47.2 Å². The fourth-order valence-electron chi connectivity index (χ4n) is 3.85. The molecule has 1 aromatic carbocycles. The Hall–Kier alpha value is -1.85. The molecule has 5 nitrogen and oxygen atoms in total. The van der Waals surface area contributed by atoms with Gasteiger partial charge in [-0.25, -0.2) is 4.68 Å². The van der Waals surface area contributed by atoms with E-state index in [1.807, 2.05) is 23.1 Å². The third kappa shape index (κ3) is 2.64. The predicted molar refractivity (Wildman–Crippen MR) is 88.7 cm³/mol. The number of fused-ring (bicyclic) bond motifs is 2. The molecule has 1 aliphatic carbocycles. The van der Waals surface area contributed by atoms with Crippen LogP contribution in [0.1, 0.15) is 29.8 Å². The maximum atomic E-state index is 12.8. The quantitative estimate of drug-likeness (QED) is 0.920. The van der Waals surface area contributed by atoms with Crippen LogP contribution in [0.25, 0.3) is 5.69 Å². The normalized spacial score (nSPS) is 26.5. The lowest BCUT2D eigenvalue weighted by Gasteiger charge is -2.37. The second-order valence-corrected chi connectivity index (χ2v) is 7.16. The summed E-state index contributed by atoms with van der Waals surface area (Å²) in [7, 11) is 0. The zero-order valence-corrected chi connectivity index (χ0v) is 13.5. The number of benzene rings is 1. The summed E-state index contributed by atoms with van der Waals surface area (Å²) in [5, 5.41) is 5.01. The molecule has 120 valence electrons. The molecule has 0 radical (unpaired) electrons. The van der Waals surface area contributed by atoms with Crippen LogP contribution < -0.4 is 5.73 Å². The number of likely N-dealkylation sites (tertiary alicyclic amines) is 1. The van der Waals surface area contributed by atoms with Crippen LogP contribution in [0.4, 0.5) is 0 Å². The van der Waals surface area contributed by atoms with Crippen molar-refractivity contribution in [3.63, 3.8) is 0 Å². The zero-order chi connectivity index (χ0) is 16.0. The first-order valence-electron chi connectivity index (χ1n) is 7.93. The van der Waals surface area contributed by atoms with E-state index in [0.717, 1.165) is 31.5 Å². The van der Waals surface area contributed by atoms with Gasteiger partial charge in [0, 0.05) is 24.8 Å². The monoisotopic (exact) mass is 330 g/mol. The van der Waals surface area contributed by atoms with Gasteiger partial charge in [0.1, 0.15) is 0 Å². The highest BCUT2D eigenvalue weighted by Crippen LogP contribution is 2.38. The van der Waals surface area contributed by atoms with Gasteiger partial charge in [-0.2, -0.15) is 5.10 Å². The number of carbonyl (C=O) groups excluding carboxylic acids is 1. The summed E-state index contributed by atoms with van der Waals surface area (Å²) < 4.78 is 1.65. The third-order valence-electron chi connectivity index (χ3n) is 4.92. The first kappa shape index (κ1) is 14.7. The minimum absolute atomic E-state index is 0.0442. The number of hydrogen-bond donors (Lipinski definition) is 1. The Balaban J connectivity index is 1.57. The van der Waals surface area contributed by atoms with Gasteiger partial charge in [-0.1, -0.05) is 23.7 Å². The minimum Gasteiger partial charge on any atom is -0.335 e. The van der Waals surface area contributed by atoms with Gasteiger partial charge in [0.05, 0.1) is 10.7 Å². The summed E-state index contributed by atoms with van der Waals surface area (Å²) in [6, 6.07) is 9.18. The Morgan fingerprint density at radius 2 is 2.17 bits per heavy atom. The van der Waals surface area contributed by atoms with E-state index in [9.17, 15) is 4.79 Å². The van der Waals surface area contributed by atoms with Gasteiger partial charge in [0.15, 0.2) is 5.69 Å². The Morgan fingerprint density at radius 1 is 1.35 bits per heavy atom. The van der Waals surface area contributed by atoms with Crippen LogP contribution in [0.3, 0.4) is 0 Å². The molecule has 0 spiro atoms. The number of amides is 1. The highest BCUT2D eigenvalue weighted by molar-refractivity contribution is 6.32. The van der Waals surface area contributed by atoms with E-state index in [0.29, 0.717) is 23.2 Å². The molecule has 2 atom stereocenters. The molecule has 23 heavy (non-hydrogen) atoms. The summed E-state index contributed by atoms with van der Waals surface area (Å²) in [6.07, 6.45) is 4.93. The van der Waals surface area contributed by atoms with E-state index < -0.39 is 0 Å². The molecule has 2 aliphatic rings. The lowest BCUT2D eigenvalue weighted by Crippen LogP contribution is -2.54. The highest BCUT2D eigenvalue weighted by Gasteiger charge is 2.43. The molecule has 1 saturated carbocycles. The van der Waals surface area contributed by atoms with Crippen molar-refractivity contribution < 1.29 is 4.79 Å². The Labute approximate surface area is 140 Å².